The van der Waals surface area contributed by atoms with Gasteiger partial charge >= 0.3 is 0 Å². The van der Waals surface area contributed by atoms with E-state index in [4.69, 9.17) is 0 Å². The van der Waals surface area contributed by atoms with Gasteiger partial charge in [0.1, 0.15) is 5.75 Å². The third-order valence-electron chi connectivity index (χ3n) is 3.87. The van der Waals surface area contributed by atoms with Crippen molar-refractivity contribution in [3.8, 4) is 5.75 Å². The Morgan fingerprint density at radius 2 is 1.59 bits per heavy atom. The van der Waals surface area contributed by atoms with Crippen LogP contribution in [-0.2, 0) is 11.8 Å². The summed E-state index contributed by atoms with van der Waals surface area (Å²) in [5.41, 5.74) is 4.34. The zero-order chi connectivity index (χ0) is 16.2. The third kappa shape index (κ3) is 4.27. The first-order valence-electron chi connectivity index (χ1n) is 8.09. The zero-order valence-corrected chi connectivity index (χ0v) is 14.1. The molecule has 0 unspecified atom stereocenters. The van der Waals surface area contributed by atoms with Crippen LogP contribution in [-0.4, -0.2) is 5.11 Å². The summed E-state index contributed by atoms with van der Waals surface area (Å²) in [5, 5.41) is 13.4. The highest BCUT2D eigenvalue weighted by atomic mass is 16.3. The van der Waals surface area contributed by atoms with Crippen molar-refractivity contribution in [1.29, 1.82) is 0 Å². The average Bonchev–Trinajstić information content (AvgIpc) is 2.47. The molecule has 0 spiro atoms. The molecule has 0 aliphatic heterocycles. The first-order chi connectivity index (χ1) is 10.4. The molecule has 0 heterocycles. The highest BCUT2D eigenvalue weighted by Gasteiger charge is 2.18. The summed E-state index contributed by atoms with van der Waals surface area (Å²) < 4.78 is 0. The molecule has 0 fully saturated rings. The van der Waals surface area contributed by atoms with Gasteiger partial charge in [0.2, 0.25) is 0 Å². The Balaban J connectivity index is 2.14. The second-order valence-corrected chi connectivity index (χ2v) is 6.91. The quantitative estimate of drug-likeness (QED) is 0.686. The zero-order valence-electron chi connectivity index (χ0n) is 14.1. The van der Waals surface area contributed by atoms with Crippen molar-refractivity contribution in [2.24, 2.45) is 0 Å². The number of aryl methyl sites for hydroxylation is 1. The van der Waals surface area contributed by atoms with Gasteiger partial charge in [-0.05, 0) is 54.2 Å². The summed E-state index contributed by atoms with van der Waals surface area (Å²) in [4.78, 5) is 0. The van der Waals surface area contributed by atoms with Gasteiger partial charge in [-0.2, -0.15) is 0 Å². The standard InChI is InChI=1S/C20H27NO/c1-5-6-7-15-8-10-16(11-9-15)21-17-12-13-19(22)18(14-17)20(2,3)4/h8-14,21-22H,5-7H2,1-4H3. The van der Waals surface area contributed by atoms with E-state index in [1.807, 2.05) is 12.1 Å². The van der Waals surface area contributed by atoms with E-state index in [0.29, 0.717) is 5.75 Å². The molecule has 2 heteroatoms. The number of phenolic OH excluding ortho intramolecular Hbond substituents is 1. The largest absolute Gasteiger partial charge is 0.508 e. The predicted molar refractivity (Wildman–Crippen MR) is 95.1 cm³/mol. The van der Waals surface area contributed by atoms with Crippen molar-refractivity contribution in [3.05, 3.63) is 53.6 Å². The minimum atomic E-state index is -0.0776. The van der Waals surface area contributed by atoms with E-state index in [-0.39, 0.29) is 5.41 Å². The minimum Gasteiger partial charge on any atom is -0.508 e. The minimum absolute atomic E-state index is 0.0776. The monoisotopic (exact) mass is 297 g/mol. The van der Waals surface area contributed by atoms with Crippen LogP contribution < -0.4 is 5.32 Å². The maximum Gasteiger partial charge on any atom is 0.119 e. The smallest absolute Gasteiger partial charge is 0.119 e. The molecule has 0 saturated heterocycles. The van der Waals surface area contributed by atoms with E-state index < -0.39 is 0 Å². The molecule has 2 rings (SSSR count). The number of benzene rings is 2. The van der Waals surface area contributed by atoms with Gasteiger partial charge in [-0.3, -0.25) is 0 Å². The normalized spacial score (nSPS) is 11.5. The van der Waals surface area contributed by atoms with Gasteiger partial charge in [0, 0.05) is 16.9 Å². The van der Waals surface area contributed by atoms with Crippen molar-refractivity contribution < 1.29 is 5.11 Å². The highest BCUT2D eigenvalue weighted by Crippen LogP contribution is 2.33. The molecule has 118 valence electrons. The number of aromatic hydroxyl groups is 1. The summed E-state index contributed by atoms with van der Waals surface area (Å²) in [6.45, 7) is 8.53. The maximum absolute atomic E-state index is 10.0. The molecule has 0 amide bonds. The van der Waals surface area contributed by atoms with Crippen LogP contribution >= 0.6 is 0 Å². The lowest BCUT2D eigenvalue weighted by molar-refractivity contribution is 0.447. The fourth-order valence-electron chi connectivity index (χ4n) is 2.52. The van der Waals surface area contributed by atoms with Gasteiger partial charge in [-0.15, -0.1) is 0 Å². The molecule has 22 heavy (non-hydrogen) atoms. The molecular weight excluding hydrogens is 270 g/mol. The van der Waals surface area contributed by atoms with Gasteiger partial charge in [-0.1, -0.05) is 46.2 Å². The van der Waals surface area contributed by atoms with Crippen molar-refractivity contribution in [1.82, 2.24) is 0 Å². The van der Waals surface area contributed by atoms with Crippen LogP contribution in [0.25, 0.3) is 0 Å². The summed E-state index contributed by atoms with van der Waals surface area (Å²) in [6.07, 6.45) is 3.60. The van der Waals surface area contributed by atoms with Crippen molar-refractivity contribution in [3.63, 3.8) is 0 Å². The Kier molecular flexibility index (Phi) is 5.12. The predicted octanol–water partition coefficient (Wildman–Crippen LogP) is 5.78. The van der Waals surface area contributed by atoms with Gasteiger partial charge in [0.25, 0.3) is 0 Å². The second kappa shape index (κ2) is 6.87. The number of unbranched alkanes of at least 4 members (excludes halogenated alkanes) is 1. The summed E-state index contributed by atoms with van der Waals surface area (Å²) in [6, 6.07) is 14.3. The number of anilines is 2. The Labute approximate surface area is 134 Å². The molecule has 2 nitrogen and oxygen atoms in total. The van der Waals surface area contributed by atoms with Gasteiger partial charge < -0.3 is 10.4 Å². The first-order valence-corrected chi connectivity index (χ1v) is 8.09. The van der Waals surface area contributed by atoms with E-state index in [9.17, 15) is 5.11 Å². The molecule has 2 aromatic rings. The lowest BCUT2D eigenvalue weighted by atomic mass is 9.86. The second-order valence-electron chi connectivity index (χ2n) is 6.91. The number of nitrogens with one attached hydrogen (secondary N) is 1. The molecule has 0 aromatic heterocycles. The van der Waals surface area contributed by atoms with Gasteiger partial charge in [0.15, 0.2) is 0 Å². The van der Waals surface area contributed by atoms with Crippen LogP contribution in [0.3, 0.4) is 0 Å². The Morgan fingerprint density at radius 3 is 2.18 bits per heavy atom. The van der Waals surface area contributed by atoms with Crippen LogP contribution in [0.5, 0.6) is 5.75 Å². The number of rotatable bonds is 5. The van der Waals surface area contributed by atoms with E-state index in [0.717, 1.165) is 23.4 Å². The Morgan fingerprint density at radius 1 is 0.955 bits per heavy atom. The fourth-order valence-corrected chi connectivity index (χ4v) is 2.52. The molecule has 0 atom stereocenters. The maximum atomic E-state index is 10.0. The summed E-state index contributed by atoms with van der Waals surface area (Å²) >= 11 is 0. The van der Waals surface area contributed by atoms with Gasteiger partial charge in [0.05, 0.1) is 0 Å². The van der Waals surface area contributed by atoms with Crippen molar-refractivity contribution in [2.75, 3.05) is 5.32 Å². The number of hydrogen-bond acceptors (Lipinski definition) is 2. The van der Waals surface area contributed by atoms with Gasteiger partial charge in [-0.25, -0.2) is 0 Å². The third-order valence-corrected chi connectivity index (χ3v) is 3.87. The summed E-state index contributed by atoms with van der Waals surface area (Å²) in [7, 11) is 0. The van der Waals surface area contributed by atoms with Crippen LogP contribution in [0, 0.1) is 0 Å². The topological polar surface area (TPSA) is 32.3 Å². The molecule has 0 aliphatic carbocycles. The molecule has 0 saturated carbocycles. The lowest BCUT2D eigenvalue weighted by Gasteiger charge is -2.21. The van der Waals surface area contributed by atoms with Crippen molar-refractivity contribution in [2.45, 2.75) is 52.4 Å². The Hall–Kier alpha value is -1.96. The molecule has 0 aliphatic rings. The van der Waals surface area contributed by atoms with E-state index in [1.165, 1.54) is 18.4 Å². The molecule has 2 N–H and O–H groups in total. The Bertz CT molecular complexity index is 609. The molecule has 0 bridgehead atoms. The van der Waals surface area contributed by atoms with Crippen LogP contribution in [0.2, 0.25) is 0 Å². The first kappa shape index (κ1) is 16.4. The van der Waals surface area contributed by atoms with Crippen LogP contribution in [0.15, 0.2) is 42.5 Å². The van der Waals surface area contributed by atoms with E-state index in [1.54, 1.807) is 6.07 Å². The average molecular weight is 297 g/mol. The lowest BCUT2D eigenvalue weighted by Crippen LogP contribution is -2.11. The number of phenols is 1. The van der Waals surface area contributed by atoms with Crippen LogP contribution in [0.1, 0.15) is 51.7 Å². The fraction of sp³-hybridized carbons (Fsp3) is 0.400. The van der Waals surface area contributed by atoms with Crippen LogP contribution in [0.4, 0.5) is 11.4 Å². The van der Waals surface area contributed by atoms with Crippen molar-refractivity contribution >= 4 is 11.4 Å². The molecule has 2 aromatic carbocycles. The molecular formula is C20H27NO. The highest BCUT2D eigenvalue weighted by molar-refractivity contribution is 5.62. The number of hydrogen-bond donors (Lipinski definition) is 2. The summed E-state index contributed by atoms with van der Waals surface area (Å²) in [5.74, 6) is 0.355. The van der Waals surface area contributed by atoms with E-state index >= 15 is 0 Å². The van der Waals surface area contributed by atoms with E-state index in [2.05, 4.69) is 57.3 Å². The SMILES string of the molecule is CCCCc1ccc(Nc2ccc(O)c(C(C)(C)C)c2)cc1. The molecule has 0 radical (unpaired) electrons.